The fourth-order valence-corrected chi connectivity index (χ4v) is 5.21. The summed E-state index contributed by atoms with van der Waals surface area (Å²) in [5.74, 6) is -3.43. The molecule has 1 saturated carbocycles. The maximum atomic E-state index is 12.7. The van der Waals surface area contributed by atoms with Crippen molar-refractivity contribution < 1.29 is 28.6 Å². The highest BCUT2D eigenvalue weighted by Gasteiger charge is 2.66. The maximum absolute atomic E-state index is 12.7. The van der Waals surface area contributed by atoms with E-state index in [1.807, 2.05) is 66.7 Å². The molecule has 0 amide bonds. The van der Waals surface area contributed by atoms with E-state index in [9.17, 15) is 19.5 Å². The van der Waals surface area contributed by atoms with Crippen molar-refractivity contribution in [1.82, 2.24) is 0 Å². The summed E-state index contributed by atoms with van der Waals surface area (Å²) in [5.41, 5.74) is -0.0886. The molecule has 35 heavy (non-hydrogen) atoms. The Morgan fingerprint density at radius 2 is 1.69 bits per heavy atom. The van der Waals surface area contributed by atoms with Crippen LogP contribution in [0.3, 0.4) is 0 Å². The van der Waals surface area contributed by atoms with Crippen LogP contribution in [0.15, 0.2) is 88.1 Å². The van der Waals surface area contributed by atoms with Crippen LogP contribution in [0.5, 0.6) is 5.75 Å². The number of allylic oxidation sites excluding steroid dienone is 1. The van der Waals surface area contributed by atoms with Gasteiger partial charge in [-0.05, 0) is 11.1 Å². The zero-order chi connectivity index (χ0) is 25.0. The molecule has 3 aromatic rings. The van der Waals surface area contributed by atoms with E-state index < -0.39 is 40.7 Å². The standard InChI is InChI=1S/C28H26O7/c1-33-20-15-21(35-22(29)16-20)24-25(19-11-7-4-8-12-19)28(17-23(30)34-2,26(24)27(31)32)14-13-18-9-5-3-6-10-18/h3-16,24-26H,17H2,1-2H3,(H,31,32)/b14-13+. The van der Waals surface area contributed by atoms with E-state index >= 15 is 0 Å². The number of carboxylic acids is 1. The van der Waals surface area contributed by atoms with Gasteiger partial charge in [0.25, 0.3) is 0 Å². The average molecular weight is 475 g/mol. The molecular weight excluding hydrogens is 448 g/mol. The van der Waals surface area contributed by atoms with Crippen LogP contribution in [0.1, 0.15) is 35.1 Å². The lowest BCUT2D eigenvalue weighted by atomic mass is 9.43. The van der Waals surface area contributed by atoms with Gasteiger partial charge in [-0.1, -0.05) is 72.8 Å². The molecule has 1 aliphatic rings. The molecule has 7 nitrogen and oxygen atoms in total. The van der Waals surface area contributed by atoms with Crippen LogP contribution in [0.4, 0.5) is 0 Å². The predicted molar refractivity (Wildman–Crippen MR) is 129 cm³/mol. The van der Waals surface area contributed by atoms with Gasteiger partial charge in [-0.15, -0.1) is 0 Å². The Labute approximate surface area is 202 Å². The molecule has 180 valence electrons. The molecule has 0 saturated heterocycles. The number of hydrogen-bond acceptors (Lipinski definition) is 6. The lowest BCUT2D eigenvalue weighted by Crippen LogP contribution is -2.57. The number of carbonyl (C=O) groups excluding carboxylic acids is 1. The number of ether oxygens (including phenoxy) is 2. The van der Waals surface area contributed by atoms with Crippen molar-refractivity contribution >= 4 is 18.0 Å². The van der Waals surface area contributed by atoms with Gasteiger partial charge in [-0.2, -0.15) is 0 Å². The Morgan fingerprint density at radius 3 is 2.29 bits per heavy atom. The molecule has 1 aromatic heterocycles. The normalized spacial score (nSPS) is 23.4. The van der Waals surface area contributed by atoms with E-state index in [1.54, 1.807) is 12.1 Å². The molecule has 0 bridgehead atoms. The van der Waals surface area contributed by atoms with Crippen LogP contribution in [0, 0.1) is 11.3 Å². The molecule has 1 heterocycles. The molecule has 0 aliphatic heterocycles. The Morgan fingerprint density at radius 1 is 1.03 bits per heavy atom. The number of esters is 1. The third-order valence-electron chi connectivity index (χ3n) is 6.69. The van der Waals surface area contributed by atoms with Crippen molar-refractivity contribution in [2.45, 2.75) is 18.3 Å². The highest BCUT2D eigenvalue weighted by Crippen LogP contribution is 2.68. The topological polar surface area (TPSA) is 103 Å². The average Bonchev–Trinajstić information content (AvgIpc) is 2.85. The molecule has 1 N–H and O–H groups in total. The molecule has 4 unspecified atom stereocenters. The molecule has 4 rings (SSSR count). The summed E-state index contributed by atoms with van der Waals surface area (Å²) in [6.07, 6.45) is 3.46. The summed E-state index contributed by atoms with van der Waals surface area (Å²) in [7, 11) is 2.70. The SMILES string of the molecule is COC(=O)CC1(/C=C/c2ccccc2)C(C(=O)O)C(c2cc(OC)cc(=O)o2)C1c1ccccc1. The van der Waals surface area contributed by atoms with Crippen molar-refractivity contribution in [2.75, 3.05) is 14.2 Å². The van der Waals surface area contributed by atoms with E-state index in [0.717, 1.165) is 11.1 Å². The Hall–Kier alpha value is -4.13. The third-order valence-corrected chi connectivity index (χ3v) is 6.69. The van der Waals surface area contributed by atoms with Gasteiger partial charge in [-0.25, -0.2) is 4.79 Å². The minimum Gasteiger partial charge on any atom is -0.496 e. The zero-order valence-electron chi connectivity index (χ0n) is 19.4. The van der Waals surface area contributed by atoms with Crippen LogP contribution in [-0.4, -0.2) is 31.3 Å². The van der Waals surface area contributed by atoms with E-state index in [1.165, 1.54) is 20.3 Å². The highest BCUT2D eigenvalue weighted by atomic mass is 16.5. The van der Waals surface area contributed by atoms with Gasteiger partial charge in [0.1, 0.15) is 11.5 Å². The summed E-state index contributed by atoms with van der Waals surface area (Å²) in [4.78, 5) is 37.6. The second kappa shape index (κ2) is 10.0. The first-order chi connectivity index (χ1) is 16.9. The third kappa shape index (κ3) is 4.62. The first-order valence-corrected chi connectivity index (χ1v) is 11.2. The number of methoxy groups -OCH3 is 2. The van der Waals surface area contributed by atoms with E-state index in [0.29, 0.717) is 0 Å². The van der Waals surface area contributed by atoms with Crippen LogP contribution < -0.4 is 10.4 Å². The van der Waals surface area contributed by atoms with Crippen molar-refractivity contribution in [2.24, 2.45) is 11.3 Å². The summed E-state index contributed by atoms with van der Waals surface area (Å²) < 4.78 is 15.7. The summed E-state index contributed by atoms with van der Waals surface area (Å²) >= 11 is 0. The molecule has 7 heteroatoms. The van der Waals surface area contributed by atoms with Crippen molar-refractivity contribution in [3.63, 3.8) is 0 Å². The number of rotatable bonds is 8. The number of aliphatic carboxylic acids is 1. The number of benzene rings is 2. The predicted octanol–water partition coefficient (Wildman–Crippen LogP) is 4.49. The molecular formula is C28H26O7. The fourth-order valence-electron chi connectivity index (χ4n) is 5.21. The molecule has 1 fully saturated rings. The molecule has 1 aliphatic carbocycles. The van der Waals surface area contributed by atoms with Crippen LogP contribution in [0.2, 0.25) is 0 Å². The van der Waals surface area contributed by atoms with E-state index in [-0.39, 0.29) is 17.9 Å². The van der Waals surface area contributed by atoms with Gasteiger partial charge < -0.3 is 19.0 Å². The minimum atomic E-state index is -1.14. The second-order valence-corrected chi connectivity index (χ2v) is 8.56. The Kier molecular flexibility index (Phi) is 6.87. The highest BCUT2D eigenvalue weighted by molar-refractivity contribution is 5.80. The summed E-state index contributed by atoms with van der Waals surface area (Å²) in [5, 5.41) is 10.4. The van der Waals surface area contributed by atoms with Gasteiger partial charge in [0, 0.05) is 23.3 Å². The van der Waals surface area contributed by atoms with Crippen molar-refractivity contribution in [3.8, 4) is 5.75 Å². The number of carbonyl (C=O) groups is 2. The minimum absolute atomic E-state index is 0.159. The van der Waals surface area contributed by atoms with Crippen molar-refractivity contribution in [1.29, 1.82) is 0 Å². The van der Waals surface area contributed by atoms with Gasteiger partial charge in [-0.3, -0.25) is 9.59 Å². The first kappa shape index (κ1) is 24.0. The molecule has 2 aromatic carbocycles. The Bertz CT molecular complexity index is 1280. The van der Waals surface area contributed by atoms with Gasteiger partial charge >= 0.3 is 17.6 Å². The zero-order valence-corrected chi connectivity index (χ0v) is 19.4. The second-order valence-electron chi connectivity index (χ2n) is 8.56. The van der Waals surface area contributed by atoms with Gasteiger partial charge in [0.2, 0.25) is 0 Å². The van der Waals surface area contributed by atoms with Gasteiger partial charge in [0.05, 0.1) is 32.6 Å². The van der Waals surface area contributed by atoms with E-state index in [2.05, 4.69) is 0 Å². The molecule has 0 spiro atoms. The van der Waals surface area contributed by atoms with E-state index in [4.69, 9.17) is 13.9 Å². The largest absolute Gasteiger partial charge is 0.496 e. The summed E-state index contributed by atoms with van der Waals surface area (Å²) in [6, 6.07) is 21.5. The van der Waals surface area contributed by atoms with Crippen LogP contribution in [-0.2, 0) is 14.3 Å². The number of carboxylic acid groups (broad SMARTS) is 1. The van der Waals surface area contributed by atoms with Crippen LogP contribution in [0.25, 0.3) is 6.08 Å². The van der Waals surface area contributed by atoms with Gasteiger partial charge in [0.15, 0.2) is 0 Å². The molecule has 0 radical (unpaired) electrons. The first-order valence-electron chi connectivity index (χ1n) is 11.2. The smallest absolute Gasteiger partial charge is 0.339 e. The lowest BCUT2D eigenvalue weighted by Gasteiger charge is -2.57. The quantitative estimate of drug-likeness (QED) is 0.480. The number of hydrogen-bond donors (Lipinski definition) is 1. The fraction of sp³-hybridized carbons (Fsp3) is 0.250. The maximum Gasteiger partial charge on any atom is 0.339 e. The summed E-state index contributed by atoms with van der Waals surface area (Å²) in [6.45, 7) is 0. The Balaban J connectivity index is 1.94. The molecule has 4 atom stereocenters. The lowest BCUT2D eigenvalue weighted by molar-refractivity contribution is -0.162. The van der Waals surface area contributed by atoms with Crippen LogP contribution >= 0.6 is 0 Å². The van der Waals surface area contributed by atoms with Crippen molar-refractivity contribution in [3.05, 3.63) is 106 Å². The monoisotopic (exact) mass is 474 g/mol.